The second-order valence-electron chi connectivity index (χ2n) is 4.85. The van der Waals surface area contributed by atoms with E-state index in [1.807, 2.05) is 0 Å². The van der Waals surface area contributed by atoms with Gasteiger partial charge in [0, 0.05) is 12.3 Å². The number of hydrazine groups is 1. The van der Waals surface area contributed by atoms with Gasteiger partial charge >= 0.3 is 12.4 Å². The van der Waals surface area contributed by atoms with Gasteiger partial charge in [-0.15, -0.1) is 13.2 Å². The van der Waals surface area contributed by atoms with Crippen LogP contribution in [0.2, 0.25) is 0 Å². The van der Waals surface area contributed by atoms with Crippen molar-refractivity contribution in [3.05, 3.63) is 48.6 Å². The number of anilines is 1. The molecule has 8 nitrogen and oxygen atoms in total. The lowest BCUT2D eigenvalue weighted by Crippen LogP contribution is -2.27. The minimum atomic E-state index is -4.79. The molecule has 0 fully saturated rings. The van der Waals surface area contributed by atoms with Gasteiger partial charge in [-0.05, 0) is 12.1 Å². The van der Waals surface area contributed by atoms with Crippen LogP contribution in [0.4, 0.5) is 18.9 Å². The Kier molecular flexibility index (Phi) is 6.07. The Morgan fingerprint density at radius 1 is 1.23 bits per heavy atom. The molecule has 0 radical (unpaired) electrons. The number of rotatable bonds is 7. The first-order chi connectivity index (χ1) is 12.3. The summed E-state index contributed by atoms with van der Waals surface area (Å²) in [4.78, 5) is 7.79. The van der Waals surface area contributed by atoms with Gasteiger partial charge < -0.3 is 19.9 Å². The summed E-state index contributed by atoms with van der Waals surface area (Å²) in [6.07, 6.45) is -0.664. The van der Waals surface area contributed by atoms with E-state index in [9.17, 15) is 13.2 Å². The zero-order valence-electron chi connectivity index (χ0n) is 13.6. The van der Waals surface area contributed by atoms with Gasteiger partial charge in [0.05, 0.1) is 30.9 Å². The van der Waals surface area contributed by atoms with Crippen molar-refractivity contribution in [1.29, 1.82) is 0 Å². The molecule has 2 rings (SSSR count). The number of methoxy groups -OCH3 is 1. The Hall–Kier alpha value is -3.21. The van der Waals surface area contributed by atoms with Crippen LogP contribution < -0.4 is 30.8 Å². The van der Waals surface area contributed by atoms with Gasteiger partial charge in [-0.3, -0.25) is 5.01 Å². The fourth-order valence-electron chi connectivity index (χ4n) is 1.76. The molecule has 0 saturated carbocycles. The van der Waals surface area contributed by atoms with Gasteiger partial charge in [0.15, 0.2) is 5.75 Å². The predicted octanol–water partition coefficient (Wildman–Crippen LogP) is 1.94. The van der Waals surface area contributed by atoms with Crippen molar-refractivity contribution in [2.45, 2.75) is 6.36 Å². The molecule has 0 aliphatic heterocycles. The lowest BCUT2D eigenvalue weighted by atomic mass is 10.3. The van der Waals surface area contributed by atoms with Gasteiger partial charge in [-0.2, -0.15) is 9.97 Å². The largest absolute Gasteiger partial charge is 0.573 e. The van der Waals surface area contributed by atoms with E-state index >= 15 is 0 Å². The number of aromatic nitrogens is 2. The van der Waals surface area contributed by atoms with Crippen LogP contribution in [0, 0.1) is 0 Å². The van der Waals surface area contributed by atoms with Crippen LogP contribution in [0.1, 0.15) is 0 Å². The number of nitrogens with two attached hydrogens (primary N) is 2. The minimum Gasteiger partial charge on any atom is -0.494 e. The normalized spacial score (nSPS) is 11.8. The first-order valence-corrected chi connectivity index (χ1v) is 7.11. The van der Waals surface area contributed by atoms with Gasteiger partial charge in [0.1, 0.15) is 12.4 Å². The topological polar surface area (TPSA) is 109 Å². The number of hydrogen-bond donors (Lipinski definition) is 2. The van der Waals surface area contributed by atoms with E-state index in [0.717, 1.165) is 17.1 Å². The monoisotopic (exact) mass is 371 g/mol. The smallest absolute Gasteiger partial charge is 0.494 e. The van der Waals surface area contributed by atoms with Gasteiger partial charge in [-0.1, -0.05) is 6.07 Å². The second kappa shape index (κ2) is 8.25. The number of benzene rings is 1. The Balaban J connectivity index is 1.97. The number of alkyl halides is 3. The first-order valence-electron chi connectivity index (χ1n) is 7.11. The molecular formula is C15H16F3N5O3. The highest BCUT2D eigenvalue weighted by Gasteiger charge is 2.31. The molecule has 0 saturated heterocycles. The third-order valence-corrected chi connectivity index (χ3v) is 2.86. The van der Waals surface area contributed by atoms with E-state index < -0.39 is 12.1 Å². The average molecular weight is 371 g/mol. The van der Waals surface area contributed by atoms with Gasteiger partial charge in [0.25, 0.3) is 0 Å². The van der Waals surface area contributed by atoms with E-state index in [-0.39, 0.29) is 24.0 Å². The van der Waals surface area contributed by atoms with Crippen LogP contribution in [-0.2, 0) is 0 Å². The zero-order chi connectivity index (χ0) is 19.2. The summed E-state index contributed by atoms with van der Waals surface area (Å²) in [5.74, 6) is 5.84. The van der Waals surface area contributed by atoms with E-state index in [4.69, 9.17) is 21.1 Å². The van der Waals surface area contributed by atoms with Gasteiger partial charge in [0.2, 0.25) is 0 Å². The quantitative estimate of drug-likeness (QED) is 0.561. The summed E-state index contributed by atoms with van der Waals surface area (Å²) in [6, 6.07) is 5.20. The molecule has 0 atom stereocenters. The first kappa shape index (κ1) is 19.1. The summed E-state index contributed by atoms with van der Waals surface area (Å²) in [7, 11) is 1.48. The SMILES string of the molecule is COc1cnc(OC/C(N)=C/N(N)c2cccc(OC(F)(F)F)c2)nc1. The van der Waals surface area contributed by atoms with Crippen molar-refractivity contribution in [2.24, 2.45) is 11.6 Å². The maximum absolute atomic E-state index is 12.3. The van der Waals surface area contributed by atoms with Gasteiger partial charge in [-0.25, -0.2) is 5.84 Å². The van der Waals surface area contributed by atoms with Crippen molar-refractivity contribution in [3.63, 3.8) is 0 Å². The summed E-state index contributed by atoms with van der Waals surface area (Å²) >= 11 is 0. The molecule has 4 N–H and O–H groups in total. The number of hydrogen-bond acceptors (Lipinski definition) is 8. The predicted molar refractivity (Wildman–Crippen MR) is 86.1 cm³/mol. The van der Waals surface area contributed by atoms with E-state index in [0.29, 0.717) is 5.75 Å². The van der Waals surface area contributed by atoms with Crippen LogP contribution in [0.5, 0.6) is 17.5 Å². The highest BCUT2D eigenvalue weighted by Crippen LogP contribution is 2.26. The molecule has 1 heterocycles. The number of nitrogens with zero attached hydrogens (tertiary/aromatic N) is 3. The summed E-state index contributed by atoms with van der Waals surface area (Å²) in [5, 5.41) is 1.04. The van der Waals surface area contributed by atoms with Crippen LogP contribution >= 0.6 is 0 Å². The second-order valence-corrected chi connectivity index (χ2v) is 4.85. The van der Waals surface area contributed by atoms with Crippen molar-refractivity contribution in [3.8, 4) is 17.5 Å². The molecule has 26 heavy (non-hydrogen) atoms. The highest BCUT2D eigenvalue weighted by molar-refractivity contribution is 5.51. The third-order valence-electron chi connectivity index (χ3n) is 2.86. The van der Waals surface area contributed by atoms with Crippen molar-refractivity contribution in [2.75, 3.05) is 18.7 Å². The van der Waals surface area contributed by atoms with E-state index in [1.54, 1.807) is 0 Å². The van der Waals surface area contributed by atoms with Crippen molar-refractivity contribution < 1.29 is 27.4 Å². The molecule has 11 heteroatoms. The van der Waals surface area contributed by atoms with E-state index in [1.165, 1.54) is 37.8 Å². The molecule has 0 spiro atoms. The molecule has 1 aromatic heterocycles. The Morgan fingerprint density at radius 2 is 1.92 bits per heavy atom. The number of halogens is 3. The van der Waals surface area contributed by atoms with Crippen LogP contribution in [0.25, 0.3) is 0 Å². The molecule has 1 aromatic carbocycles. The zero-order valence-corrected chi connectivity index (χ0v) is 13.6. The van der Waals surface area contributed by atoms with Crippen LogP contribution in [0.3, 0.4) is 0 Å². The molecule has 0 bridgehead atoms. The summed E-state index contributed by atoms with van der Waals surface area (Å²) < 4.78 is 50.8. The summed E-state index contributed by atoms with van der Waals surface area (Å²) in [6.45, 7) is -0.0846. The molecule has 140 valence electrons. The van der Waals surface area contributed by atoms with Crippen LogP contribution in [0.15, 0.2) is 48.6 Å². The Morgan fingerprint density at radius 3 is 2.54 bits per heavy atom. The van der Waals surface area contributed by atoms with E-state index in [2.05, 4.69) is 14.7 Å². The third kappa shape index (κ3) is 6.02. The van der Waals surface area contributed by atoms with Crippen molar-refractivity contribution >= 4 is 5.69 Å². The standard InChI is InChI=1S/C15H16F3N5O3/c1-24-13-6-21-14(22-7-13)25-9-10(19)8-23(20)11-3-2-4-12(5-11)26-15(16,17)18/h2-8H,9,19-20H2,1H3/b10-8-. The Labute approximate surface area is 146 Å². The Bertz CT molecular complexity index is 753. The van der Waals surface area contributed by atoms with Crippen LogP contribution in [-0.4, -0.2) is 30.0 Å². The molecule has 0 amide bonds. The molecule has 0 aliphatic rings. The molecule has 0 aliphatic carbocycles. The minimum absolute atomic E-state index is 0.0753. The number of ether oxygens (including phenoxy) is 3. The summed E-state index contributed by atoms with van der Waals surface area (Å²) in [5.41, 5.74) is 6.20. The fraction of sp³-hybridized carbons (Fsp3) is 0.200. The molecule has 0 unspecified atom stereocenters. The maximum atomic E-state index is 12.3. The lowest BCUT2D eigenvalue weighted by molar-refractivity contribution is -0.274. The fourth-order valence-corrected chi connectivity index (χ4v) is 1.76. The van der Waals surface area contributed by atoms with Crippen molar-refractivity contribution in [1.82, 2.24) is 9.97 Å². The maximum Gasteiger partial charge on any atom is 0.573 e. The average Bonchev–Trinajstić information content (AvgIpc) is 2.59. The molecular weight excluding hydrogens is 355 g/mol. The molecule has 2 aromatic rings. The lowest BCUT2D eigenvalue weighted by Gasteiger charge is -2.17. The highest BCUT2D eigenvalue weighted by atomic mass is 19.4.